The average molecular weight is 370 g/mol. The van der Waals surface area contributed by atoms with Gasteiger partial charge in [-0.05, 0) is 45.7 Å². The van der Waals surface area contributed by atoms with Crippen LogP contribution in [0, 0.1) is 0 Å². The molecule has 1 aromatic rings. The van der Waals surface area contributed by atoms with Crippen molar-refractivity contribution >= 4 is 16.1 Å². The molecule has 2 rings (SSSR count). The number of sulfonamides is 1. The van der Waals surface area contributed by atoms with E-state index in [0.29, 0.717) is 31.7 Å². The molecule has 140 valence electrons. The van der Waals surface area contributed by atoms with Gasteiger partial charge in [0, 0.05) is 19.1 Å². The summed E-state index contributed by atoms with van der Waals surface area (Å²) in [5.74, 6) is 0.330. The zero-order valence-electron chi connectivity index (χ0n) is 15.1. The summed E-state index contributed by atoms with van der Waals surface area (Å²) in [5, 5.41) is 2.80. The summed E-state index contributed by atoms with van der Waals surface area (Å²) in [4.78, 5) is 12.0. The summed E-state index contributed by atoms with van der Waals surface area (Å²) >= 11 is 0. The average Bonchev–Trinajstić information content (AvgIpc) is 2.53. The van der Waals surface area contributed by atoms with E-state index in [9.17, 15) is 13.2 Å². The number of carbonyl (C=O) groups excluding carboxylic acids is 1. The smallest absolute Gasteiger partial charge is 0.407 e. The topological polar surface area (TPSA) is 84.9 Å². The van der Waals surface area contributed by atoms with Gasteiger partial charge in [-0.1, -0.05) is 12.1 Å². The maximum atomic E-state index is 12.8. The number of methoxy groups -OCH3 is 1. The predicted octanol–water partition coefficient (Wildman–Crippen LogP) is 2.37. The fraction of sp³-hybridized carbons (Fsp3) is 0.588. The van der Waals surface area contributed by atoms with Gasteiger partial charge < -0.3 is 14.8 Å². The van der Waals surface area contributed by atoms with Crippen molar-refractivity contribution in [1.82, 2.24) is 9.62 Å². The third-order valence-corrected chi connectivity index (χ3v) is 5.80. The zero-order chi connectivity index (χ0) is 18.7. The standard InChI is InChI=1S/C17H26N2O5S/c1-17(2,3)24-16(20)18-13-9-11-19(12-10-13)25(21,22)15-8-6-5-7-14(15)23-4/h5-8,13H,9-12H2,1-4H3,(H,18,20). The Morgan fingerprint density at radius 3 is 2.36 bits per heavy atom. The number of nitrogens with one attached hydrogen (secondary N) is 1. The van der Waals surface area contributed by atoms with E-state index in [1.807, 2.05) is 0 Å². The van der Waals surface area contributed by atoms with E-state index in [2.05, 4.69) is 5.32 Å². The summed E-state index contributed by atoms with van der Waals surface area (Å²) in [6.45, 7) is 6.07. The molecule has 0 aliphatic carbocycles. The lowest BCUT2D eigenvalue weighted by atomic mass is 10.1. The first-order valence-electron chi connectivity index (χ1n) is 8.26. The van der Waals surface area contributed by atoms with Gasteiger partial charge in [0.15, 0.2) is 0 Å². The Labute approximate surface area is 149 Å². The number of nitrogens with zero attached hydrogens (tertiary/aromatic N) is 1. The molecule has 8 heteroatoms. The highest BCUT2D eigenvalue weighted by Crippen LogP contribution is 2.28. The molecule has 0 aromatic heterocycles. The quantitative estimate of drug-likeness (QED) is 0.879. The van der Waals surface area contributed by atoms with Crippen molar-refractivity contribution in [2.75, 3.05) is 20.2 Å². The Bertz CT molecular complexity index is 704. The Morgan fingerprint density at radius 1 is 1.20 bits per heavy atom. The predicted molar refractivity (Wildman–Crippen MR) is 94.1 cm³/mol. The minimum Gasteiger partial charge on any atom is -0.495 e. The van der Waals surface area contributed by atoms with Crippen LogP contribution in [0.5, 0.6) is 5.75 Å². The normalized spacial score (nSPS) is 17.1. The number of hydrogen-bond acceptors (Lipinski definition) is 5. The van der Waals surface area contributed by atoms with Crippen molar-refractivity contribution in [3.05, 3.63) is 24.3 Å². The maximum Gasteiger partial charge on any atom is 0.407 e. The van der Waals surface area contributed by atoms with Crippen LogP contribution < -0.4 is 10.1 Å². The molecule has 0 bridgehead atoms. The molecule has 1 heterocycles. The lowest BCUT2D eigenvalue weighted by Crippen LogP contribution is -2.47. The van der Waals surface area contributed by atoms with Crippen molar-refractivity contribution in [1.29, 1.82) is 0 Å². The summed E-state index contributed by atoms with van der Waals surface area (Å²) in [5.41, 5.74) is -0.558. The summed E-state index contributed by atoms with van der Waals surface area (Å²) in [6, 6.07) is 6.48. The van der Waals surface area contributed by atoms with E-state index in [1.54, 1.807) is 45.0 Å². The molecule has 1 N–H and O–H groups in total. The van der Waals surface area contributed by atoms with Crippen molar-refractivity contribution in [3.8, 4) is 5.75 Å². The van der Waals surface area contributed by atoms with Crippen LogP contribution in [0.15, 0.2) is 29.2 Å². The second kappa shape index (κ2) is 7.61. The van der Waals surface area contributed by atoms with Gasteiger partial charge in [0.2, 0.25) is 10.0 Å². The molecule has 1 aliphatic rings. The monoisotopic (exact) mass is 370 g/mol. The molecule has 1 aromatic carbocycles. The molecule has 1 fully saturated rings. The summed E-state index contributed by atoms with van der Waals surface area (Å²) in [6.07, 6.45) is 0.597. The molecular weight excluding hydrogens is 344 g/mol. The third kappa shape index (κ3) is 5.09. The number of piperidine rings is 1. The molecule has 0 unspecified atom stereocenters. The van der Waals surface area contributed by atoms with Crippen molar-refractivity contribution in [2.24, 2.45) is 0 Å². The largest absolute Gasteiger partial charge is 0.495 e. The van der Waals surface area contributed by atoms with Crippen LogP contribution in [-0.4, -0.2) is 50.7 Å². The second-order valence-electron chi connectivity index (χ2n) is 6.98. The van der Waals surface area contributed by atoms with E-state index < -0.39 is 21.7 Å². The highest BCUT2D eigenvalue weighted by Gasteiger charge is 2.32. The fourth-order valence-electron chi connectivity index (χ4n) is 2.69. The summed E-state index contributed by atoms with van der Waals surface area (Å²) < 4.78 is 37.5. The van der Waals surface area contributed by atoms with Crippen molar-refractivity contribution < 1.29 is 22.7 Å². The van der Waals surface area contributed by atoms with Crippen molar-refractivity contribution in [2.45, 2.75) is 50.2 Å². The fourth-order valence-corrected chi connectivity index (χ4v) is 4.31. The van der Waals surface area contributed by atoms with Gasteiger partial charge in [0.1, 0.15) is 16.2 Å². The van der Waals surface area contributed by atoms with E-state index in [4.69, 9.17) is 9.47 Å². The second-order valence-corrected chi connectivity index (χ2v) is 8.88. The molecule has 0 spiro atoms. The number of para-hydroxylation sites is 1. The molecule has 0 saturated carbocycles. The lowest BCUT2D eigenvalue weighted by molar-refractivity contribution is 0.0489. The highest BCUT2D eigenvalue weighted by molar-refractivity contribution is 7.89. The summed E-state index contributed by atoms with van der Waals surface area (Å²) in [7, 11) is -2.17. The lowest BCUT2D eigenvalue weighted by Gasteiger charge is -2.32. The van der Waals surface area contributed by atoms with Crippen LogP contribution in [0.3, 0.4) is 0 Å². The molecule has 0 atom stereocenters. The number of alkyl carbamates (subject to hydrolysis) is 1. The van der Waals surface area contributed by atoms with E-state index in [-0.39, 0.29) is 10.9 Å². The van der Waals surface area contributed by atoms with Crippen LogP contribution in [0.2, 0.25) is 0 Å². The van der Waals surface area contributed by atoms with Crippen LogP contribution in [-0.2, 0) is 14.8 Å². The zero-order valence-corrected chi connectivity index (χ0v) is 15.9. The molecule has 1 saturated heterocycles. The number of amides is 1. The van der Waals surface area contributed by atoms with Gasteiger partial charge in [-0.15, -0.1) is 0 Å². The molecule has 1 amide bonds. The Kier molecular flexibility index (Phi) is 5.95. The molecular formula is C17H26N2O5S. The van der Waals surface area contributed by atoms with Gasteiger partial charge in [0.25, 0.3) is 0 Å². The van der Waals surface area contributed by atoms with Gasteiger partial charge >= 0.3 is 6.09 Å². The first kappa shape index (κ1) is 19.5. The Balaban J connectivity index is 1.98. The molecule has 1 aliphatic heterocycles. The van der Waals surface area contributed by atoms with Gasteiger partial charge in [-0.3, -0.25) is 0 Å². The number of ether oxygens (including phenoxy) is 2. The third-order valence-electron chi connectivity index (χ3n) is 3.86. The Hall–Kier alpha value is -1.80. The van der Waals surface area contributed by atoms with Gasteiger partial charge in [-0.2, -0.15) is 4.31 Å². The molecule has 7 nitrogen and oxygen atoms in total. The van der Waals surface area contributed by atoms with Crippen LogP contribution in [0.25, 0.3) is 0 Å². The SMILES string of the molecule is COc1ccccc1S(=O)(=O)N1CCC(NC(=O)OC(C)(C)C)CC1. The highest BCUT2D eigenvalue weighted by atomic mass is 32.2. The number of benzene rings is 1. The molecule has 0 radical (unpaired) electrons. The Morgan fingerprint density at radius 2 is 1.80 bits per heavy atom. The molecule has 25 heavy (non-hydrogen) atoms. The van der Waals surface area contributed by atoms with E-state index in [0.717, 1.165) is 0 Å². The maximum absolute atomic E-state index is 12.8. The van der Waals surface area contributed by atoms with Gasteiger partial charge in [-0.25, -0.2) is 13.2 Å². The number of rotatable bonds is 4. The number of carbonyl (C=O) groups is 1. The van der Waals surface area contributed by atoms with Gasteiger partial charge in [0.05, 0.1) is 7.11 Å². The first-order chi connectivity index (χ1) is 11.6. The van der Waals surface area contributed by atoms with E-state index in [1.165, 1.54) is 11.4 Å². The van der Waals surface area contributed by atoms with E-state index >= 15 is 0 Å². The first-order valence-corrected chi connectivity index (χ1v) is 9.70. The minimum absolute atomic E-state index is 0.0982. The van der Waals surface area contributed by atoms with Crippen molar-refractivity contribution in [3.63, 3.8) is 0 Å². The van der Waals surface area contributed by atoms with Crippen LogP contribution >= 0.6 is 0 Å². The number of hydrogen-bond donors (Lipinski definition) is 1. The van der Waals surface area contributed by atoms with Crippen LogP contribution in [0.1, 0.15) is 33.6 Å². The minimum atomic E-state index is -3.62. The van der Waals surface area contributed by atoms with Crippen LogP contribution in [0.4, 0.5) is 4.79 Å².